The van der Waals surface area contributed by atoms with E-state index in [4.69, 9.17) is 14.6 Å². The Hall–Kier alpha value is -4.13. The van der Waals surface area contributed by atoms with Crippen molar-refractivity contribution < 1.29 is 23.0 Å². The van der Waals surface area contributed by atoms with Crippen molar-refractivity contribution in [1.82, 2.24) is 29.8 Å². The molecule has 222 valence electrons. The molecule has 12 heteroatoms. The van der Waals surface area contributed by atoms with Gasteiger partial charge in [-0.1, -0.05) is 24.3 Å². The smallest absolute Gasteiger partial charge is 0.320 e. The second-order valence-corrected chi connectivity index (χ2v) is 10.3. The number of hydrogen-bond donors (Lipinski definition) is 2. The molecule has 0 aliphatic carbocycles. The maximum atomic E-state index is 14.1. The van der Waals surface area contributed by atoms with E-state index >= 15 is 0 Å². The Morgan fingerprint density at radius 1 is 1.02 bits per heavy atom. The van der Waals surface area contributed by atoms with Crippen LogP contribution in [0.15, 0.2) is 60.9 Å². The highest BCUT2D eigenvalue weighted by Gasteiger charge is 2.35. The lowest BCUT2D eigenvalue weighted by molar-refractivity contribution is 0.159. The Labute approximate surface area is 243 Å². The van der Waals surface area contributed by atoms with Gasteiger partial charge in [0.2, 0.25) is 0 Å². The molecule has 2 N–H and O–H groups in total. The number of nitrogens with zero attached hydrogens (tertiary/aromatic N) is 5. The second kappa shape index (κ2) is 13.2. The van der Waals surface area contributed by atoms with Crippen LogP contribution >= 0.6 is 0 Å². The Balaban J connectivity index is 1.41. The highest BCUT2D eigenvalue weighted by atomic mass is 19.2. The Bertz CT molecular complexity index is 1510. The number of nitrogens with one attached hydrogen (secondary N) is 2. The Morgan fingerprint density at radius 3 is 2.52 bits per heavy atom. The number of likely N-dealkylation sites (tertiary alicyclic amines) is 1. The van der Waals surface area contributed by atoms with Crippen LogP contribution in [0.2, 0.25) is 0 Å². The number of para-hydroxylation sites is 1. The van der Waals surface area contributed by atoms with Crippen molar-refractivity contribution in [2.75, 3.05) is 52.4 Å². The van der Waals surface area contributed by atoms with E-state index in [1.54, 1.807) is 35.8 Å². The number of ether oxygens (including phenoxy) is 2. The molecule has 5 rings (SSSR count). The summed E-state index contributed by atoms with van der Waals surface area (Å²) in [7, 11) is 3.27. The number of carbonyl (C=O) groups is 1. The van der Waals surface area contributed by atoms with Crippen LogP contribution in [0.3, 0.4) is 0 Å². The van der Waals surface area contributed by atoms with Crippen LogP contribution in [0, 0.1) is 18.6 Å². The molecule has 4 aromatic rings. The number of amides is 2. The molecule has 1 aliphatic rings. The fourth-order valence-corrected chi connectivity index (χ4v) is 5.29. The second-order valence-electron chi connectivity index (χ2n) is 10.3. The Kier molecular flexibility index (Phi) is 9.25. The van der Waals surface area contributed by atoms with Gasteiger partial charge >= 0.3 is 6.03 Å². The molecule has 10 nitrogen and oxygen atoms in total. The van der Waals surface area contributed by atoms with E-state index in [2.05, 4.69) is 20.6 Å². The number of anilines is 1. The summed E-state index contributed by atoms with van der Waals surface area (Å²) < 4.78 is 41.7. The monoisotopic (exact) mass is 579 g/mol. The van der Waals surface area contributed by atoms with Crippen molar-refractivity contribution >= 4 is 11.8 Å². The summed E-state index contributed by atoms with van der Waals surface area (Å²) in [4.78, 5) is 15.7. The molecule has 2 unspecified atom stereocenters. The van der Waals surface area contributed by atoms with Crippen LogP contribution in [0.25, 0.3) is 16.9 Å². The number of hydrogen-bond acceptors (Lipinski definition) is 6. The fourth-order valence-electron chi connectivity index (χ4n) is 5.29. The highest BCUT2D eigenvalue weighted by Crippen LogP contribution is 2.32. The lowest BCUT2D eigenvalue weighted by atomic mass is 9.94. The minimum absolute atomic E-state index is 0.240. The maximum absolute atomic E-state index is 14.1. The van der Waals surface area contributed by atoms with Gasteiger partial charge in [0.25, 0.3) is 0 Å². The van der Waals surface area contributed by atoms with Crippen molar-refractivity contribution in [3.63, 3.8) is 0 Å². The molecule has 0 saturated carbocycles. The van der Waals surface area contributed by atoms with Gasteiger partial charge in [0.05, 0.1) is 37.7 Å². The molecule has 2 atom stereocenters. The first-order valence-electron chi connectivity index (χ1n) is 13.8. The molecule has 0 spiro atoms. The minimum atomic E-state index is -0.911. The highest BCUT2D eigenvalue weighted by molar-refractivity contribution is 5.91. The van der Waals surface area contributed by atoms with Gasteiger partial charge in [0.1, 0.15) is 11.5 Å². The predicted molar refractivity (Wildman–Crippen MR) is 155 cm³/mol. The summed E-state index contributed by atoms with van der Waals surface area (Å²) in [5.74, 6) is -1.54. The Morgan fingerprint density at radius 2 is 1.79 bits per heavy atom. The molecular weight excluding hydrogens is 544 g/mol. The molecule has 1 saturated heterocycles. The van der Waals surface area contributed by atoms with Crippen LogP contribution in [-0.4, -0.2) is 83.6 Å². The van der Waals surface area contributed by atoms with E-state index < -0.39 is 17.7 Å². The first-order chi connectivity index (χ1) is 20.4. The van der Waals surface area contributed by atoms with E-state index in [0.29, 0.717) is 56.5 Å². The van der Waals surface area contributed by atoms with Crippen LogP contribution in [0.4, 0.5) is 19.4 Å². The molecule has 1 fully saturated rings. The van der Waals surface area contributed by atoms with Gasteiger partial charge < -0.3 is 14.8 Å². The molecule has 0 bridgehead atoms. The van der Waals surface area contributed by atoms with Gasteiger partial charge in [-0.3, -0.25) is 14.9 Å². The molecule has 1 aliphatic heterocycles. The zero-order chi connectivity index (χ0) is 29.6. The lowest BCUT2D eigenvalue weighted by Gasteiger charge is -2.21. The lowest BCUT2D eigenvalue weighted by Crippen LogP contribution is -2.42. The topological polar surface area (TPSA) is 98.5 Å². The van der Waals surface area contributed by atoms with Crippen LogP contribution in [0.1, 0.15) is 17.0 Å². The van der Waals surface area contributed by atoms with Gasteiger partial charge in [-0.25, -0.2) is 18.3 Å². The van der Waals surface area contributed by atoms with E-state index in [0.717, 1.165) is 22.9 Å². The third-order valence-electron chi connectivity index (χ3n) is 7.48. The number of aromatic nitrogens is 4. The first-order valence-corrected chi connectivity index (χ1v) is 13.8. The molecule has 2 aromatic heterocycles. The minimum Gasteiger partial charge on any atom is -0.383 e. The molecular formula is C30H35F2N7O3. The summed E-state index contributed by atoms with van der Waals surface area (Å²) in [6.45, 7) is 5.30. The summed E-state index contributed by atoms with van der Waals surface area (Å²) in [6.07, 6.45) is 3.64. The third kappa shape index (κ3) is 6.51. The molecule has 0 radical (unpaired) electrons. The number of urea groups is 1. The zero-order valence-electron chi connectivity index (χ0n) is 23.9. The van der Waals surface area contributed by atoms with E-state index in [1.807, 2.05) is 43.5 Å². The van der Waals surface area contributed by atoms with Crippen molar-refractivity contribution in [2.45, 2.75) is 25.4 Å². The summed E-state index contributed by atoms with van der Waals surface area (Å²) in [6, 6.07) is 12.7. The molecule has 3 heterocycles. The average Bonchev–Trinajstić information content (AvgIpc) is 3.70. The molecule has 42 heavy (non-hydrogen) atoms. The standard InChI is InChI=1S/C30H35F2N7O3/c1-20-28(22-16-33-38(17-22)12-14-42-3)36-39(23-7-5-4-6-8-23)29(20)35-30(40)34-27-19-37(11-13-41-2)18-24(27)21-9-10-25(31)26(32)15-21/h4-10,15-17,24,27H,11-14,18-19H2,1-3H3,(H2,34,35,40). The van der Waals surface area contributed by atoms with Gasteiger partial charge in [-0.2, -0.15) is 10.2 Å². The third-order valence-corrected chi connectivity index (χ3v) is 7.48. The summed E-state index contributed by atoms with van der Waals surface area (Å²) in [5, 5.41) is 15.3. The number of methoxy groups -OCH3 is 2. The van der Waals surface area contributed by atoms with Crippen LogP contribution in [0.5, 0.6) is 0 Å². The molecule has 2 amide bonds. The fraction of sp³-hybridized carbons (Fsp3) is 0.367. The maximum Gasteiger partial charge on any atom is 0.320 e. The normalized spacial score (nSPS) is 17.1. The summed E-state index contributed by atoms with van der Waals surface area (Å²) in [5.41, 5.74) is 3.66. The average molecular weight is 580 g/mol. The number of benzene rings is 2. The predicted octanol–water partition coefficient (Wildman–Crippen LogP) is 4.20. The van der Waals surface area contributed by atoms with Gasteiger partial charge in [-0.05, 0) is 36.8 Å². The first kappa shape index (κ1) is 29.4. The van der Waals surface area contributed by atoms with Crippen molar-refractivity contribution in [1.29, 1.82) is 0 Å². The van der Waals surface area contributed by atoms with Crippen molar-refractivity contribution in [3.05, 3.63) is 83.7 Å². The summed E-state index contributed by atoms with van der Waals surface area (Å²) >= 11 is 0. The van der Waals surface area contributed by atoms with E-state index in [9.17, 15) is 13.6 Å². The van der Waals surface area contributed by atoms with Gasteiger partial charge in [-0.15, -0.1) is 0 Å². The number of rotatable bonds is 11. The zero-order valence-corrected chi connectivity index (χ0v) is 23.9. The molecule has 2 aromatic carbocycles. The quantitative estimate of drug-likeness (QED) is 0.276. The van der Waals surface area contributed by atoms with Crippen LogP contribution < -0.4 is 10.6 Å². The van der Waals surface area contributed by atoms with E-state index in [1.165, 1.54) is 6.07 Å². The van der Waals surface area contributed by atoms with E-state index in [-0.39, 0.29) is 12.0 Å². The van der Waals surface area contributed by atoms with Crippen molar-refractivity contribution in [2.24, 2.45) is 0 Å². The largest absolute Gasteiger partial charge is 0.383 e. The number of halogens is 2. The van der Waals surface area contributed by atoms with Crippen molar-refractivity contribution in [3.8, 4) is 16.9 Å². The SMILES string of the molecule is COCCN1CC(NC(=O)Nc2c(C)c(-c3cnn(CCOC)c3)nn2-c2ccccc2)C(c2ccc(F)c(F)c2)C1. The van der Waals surface area contributed by atoms with Gasteiger partial charge in [0.15, 0.2) is 11.6 Å². The van der Waals surface area contributed by atoms with Crippen LogP contribution in [-0.2, 0) is 16.0 Å². The number of carbonyl (C=O) groups excluding carboxylic acids is 1. The van der Waals surface area contributed by atoms with Gasteiger partial charge in [0, 0.05) is 57.1 Å².